The van der Waals surface area contributed by atoms with E-state index in [4.69, 9.17) is 28.4 Å². The summed E-state index contributed by atoms with van der Waals surface area (Å²) >= 11 is 0. The zero-order chi connectivity index (χ0) is 20.1. The van der Waals surface area contributed by atoms with Gasteiger partial charge in [0.25, 0.3) is 0 Å². The molecule has 2 aromatic rings. The number of methoxy groups -OCH3 is 6. The monoisotopic (exact) mass is 376 g/mol. The summed E-state index contributed by atoms with van der Waals surface area (Å²) in [5, 5.41) is 0. The molecule has 0 heterocycles. The number of carbonyl (C=O) groups excluding carboxylic acids is 1. The number of esters is 1. The Kier molecular flexibility index (Phi) is 6.39. The lowest BCUT2D eigenvalue weighted by Crippen LogP contribution is -2.10. The molecular weight excluding hydrogens is 352 g/mol. The first-order valence-corrected chi connectivity index (χ1v) is 8.11. The van der Waals surface area contributed by atoms with Gasteiger partial charge in [0.05, 0.1) is 53.8 Å². The second-order valence-corrected chi connectivity index (χ2v) is 5.60. The molecule has 0 N–H and O–H groups in total. The van der Waals surface area contributed by atoms with Crippen LogP contribution in [0, 0.1) is 6.92 Å². The molecule has 0 atom stereocenters. The molecule has 0 spiro atoms. The molecular formula is C20H24O7. The number of benzene rings is 2. The fraction of sp³-hybridized carbons (Fsp3) is 0.350. The van der Waals surface area contributed by atoms with Gasteiger partial charge in [-0.1, -0.05) is 0 Å². The van der Waals surface area contributed by atoms with Crippen molar-refractivity contribution in [3.05, 3.63) is 29.3 Å². The second kappa shape index (κ2) is 8.53. The van der Waals surface area contributed by atoms with E-state index < -0.39 is 5.97 Å². The van der Waals surface area contributed by atoms with E-state index in [1.54, 1.807) is 20.3 Å². The van der Waals surface area contributed by atoms with Crippen LogP contribution >= 0.6 is 0 Å². The molecule has 0 saturated heterocycles. The molecule has 7 heteroatoms. The highest BCUT2D eigenvalue weighted by atomic mass is 16.5. The average molecular weight is 376 g/mol. The highest BCUT2D eigenvalue weighted by Crippen LogP contribution is 2.51. The van der Waals surface area contributed by atoms with Crippen molar-refractivity contribution in [1.29, 1.82) is 0 Å². The maximum absolute atomic E-state index is 12.6. The number of hydrogen-bond donors (Lipinski definition) is 0. The Labute approximate surface area is 158 Å². The Morgan fingerprint density at radius 2 is 1.19 bits per heavy atom. The van der Waals surface area contributed by atoms with Gasteiger partial charge in [0.1, 0.15) is 22.8 Å². The SMILES string of the molecule is COC(=O)c1c(OC)cc(OC)c(OC)c1-c1c(OC)cc(C)cc1OC. The summed E-state index contributed by atoms with van der Waals surface area (Å²) in [6.45, 7) is 1.92. The molecule has 7 nitrogen and oxygen atoms in total. The van der Waals surface area contributed by atoms with Gasteiger partial charge in [-0.25, -0.2) is 4.79 Å². The lowest BCUT2D eigenvalue weighted by molar-refractivity contribution is 0.0597. The van der Waals surface area contributed by atoms with Gasteiger partial charge in [-0.2, -0.15) is 0 Å². The average Bonchev–Trinajstić information content (AvgIpc) is 2.70. The van der Waals surface area contributed by atoms with Gasteiger partial charge in [-0.15, -0.1) is 0 Å². The summed E-state index contributed by atoms with van der Waals surface area (Å²) in [6.07, 6.45) is 0. The smallest absolute Gasteiger partial charge is 0.342 e. The third kappa shape index (κ3) is 3.58. The van der Waals surface area contributed by atoms with Crippen molar-refractivity contribution < 1.29 is 33.2 Å². The maximum atomic E-state index is 12.6. The van der Waals surface area contributed by atoms with E-state index in [0.717, 1.165) is 5.56 Å². The minimum Gasteiger partial charge on any atom is -0.496 e. The molecule has 2 aromatic carbocycles. The Hall–Kier alpha value is -3.09. The minimum atomic E-state index is -0.590. The van der Waals surface area contributed by atoms with Gasteiger partial charge in [0, 0.05) is 6.07 Å². The fourth-order valence-electron chi connectivity index (χ4n) is 2.96. The van der Waals surface area contributed by atoms with Gasteiger partial charge in [0.2, 0.25) is 0 Å². The van der Waals surface area contributed by atoms with E-state index in [0.29, 0.717) is 34.1 Å². The van der Waals surface area contributed by atoms with Crippen LogP contribution in [0.3, 0.4) is 0 Å². The second-order valence-electron chi connectivity index (χ2n) is 5.60. The molecule has 0 bridgehead atoms. The fourth-order valence-corrected chi connectivity index (χ4v) is 2.96. The molecule has 0 radical (unpaired) electrons. The van der Waals surface area contributed by atoms with Crippen LogP contribution < -0.4 is 23.7 Å². The first-order chi connectivity index (χ1) is 13.0. The zero-order valence-electron chi connectivity index (χ0n) is 16.6. The van der Waals surface area contributed by atoms with Crippen LogP contribution in [0.25, 0.3) is 11.1 Å². The van der Waals surface area contributed by atoms with Crippen molar-refractivity contribution in [2.75, 3.05) is 42.7 Å². The van der Waals surface area contributed by atoms with Crippen LogP contribution in [-0.2, 0) is 4.74 Å². The number of hydrogen-bond acceptors (Lipinski definition) is 7. The number of carbonyl (C=O) groups is 1. The number of ether oxygens (including phenoxy) is 6. The van der Waals surface area contributed by atoms with E-state index in [2.05, 4.69) is 0 Å². The highest BCUT2D eigenvalue weighted by Gasteiger charge is 2.31. The summed E-state index contributed by atoms with van der Waals surface area (Å²) in [7, 11) is 8.83. The van der Waals surface area contributed by atoms with Gasteiger partial charge >= 0.3 is 5.97 Å². The Balaban J connectivity index is 3.09. The Morgan fingerprint density at radius 1 is 0.667 bits per heavy atom. The molecule has 0 fully saturated rings. The molecule has 146 valence electrons. The lowest BCUT2D eigenvalue weighted by Gasteiger charge is -2.22. The van der Waals surface area contributed by atoms with Crippen molar-refractivity contribution in [1.82, 2.24) is 0 Å². The van der Waals surface area contributed by atoms with Crippen molar-refractivity contribution in [3.63, 3.8) is 0 Å². The first kappa shape index (κ1) is 20.2. The summed E-state index contributed by atoms with van der Waals surface area (Å²) in [5.41, 5.74) is 2.04. The van der Waals surface area contributed by atoms with Crippen molar-refractivity contribution in [3.8, 4) is 39.9 Å². The molecule has 0 aromatic heterocycles. The van der Waals surface area contributed by atoms with Crippen LogP contribution in [-0.4, -0.2) is 48.6 Å². The van der Waals surface area contributed by atoms with Crippen LogP contribution in [0.4, 0.5) is 0 Å². The van der Waals surface area contributed by atoms with Crippen LogP contribution in [0.2, 0.25) is 0 Å². The van der Waals surface area contributed by atoms with E-state index in [1.807, 2.05) is 19.1 Å². The molecule has 0 unspecified atom stereocenters. The van der Waals surface area contributed by atoms with E-state index >= 15 is 0 Å². The summed E-state index contributed by atoms with van der Waals surface area (Å²) < 4.78 is 32.6. The number of aryl methyl sites for hydroxylation is 1. The summed E-state index contributed by atoms with van der Waals surface area (Å²) in [5.74, 6) is 1.42. The largest absolute Gasteiger partial charge is 0.496 e. The lowest BCUT2D eigenvalue weighted by atomic mass is 9.94. The predicted octanol–water partition coefficient (Wildman–Crippen LogP) is 3.49. The molecule has 27 heavy (non-hydrogen) atoms. The van der Waals surface area contributed by atoms with Crippen molar-refractivity contribution in [2.45, 2.75) is 6.92 Å². The molecule has 0 saturated carbocycles. The topological polar surface area (TPSA) is 72.5 Å². The van der Waals surface area contributed by atoms with E-state index in [1.165, 1.54) is 28.4 Å². The minimum absolute atomic E-state index is 0.179. The maximum Gasteiger partial charge on any atom is 0.342 e. The predicted molar refractivity (Wildman–Crippen MR) is 101 cm³/mol. The normalized spacial score (nSPS) is 10.2. The molecule has 0 aliphatic carbocycles. The Morgan fingerprint density at radius 3 is 1.59 bits per heavy atom. The Bertz CT molecular complexity index is 818. The van der Waals surface area contributed by atoms with Gasteiger partial charge in [-0.3, -0.25) is 0 Å². The first-order valence-electron chi connectivity index (χ1n) is 8.11. The summed E-state index contributed by atoms with van der Waals surface area (Å²) in [6, 6.07) is 5.25. The quantitative estimate of drug-likeness (QED) is 0.685. The van der Waals surface area contributed by atoms with Gasteiger partial charge in [-0.05, 0) is 24.6 Å². The zero-order valence-corrected chi connectivity index (χ0v) is 16.6. The molecule has 0 aliphatic heterocycles. The van der Waals surface area contributed by atoms with Crippen LogP contribution in [0.5, 0.6) is 28.7 Å². The molecule has 0 amide bonds. The van der Waals surface area contributed by atoms with Crippen LogP contribution in [0.15, 0.2) is 18.2 Å². The highest BCUT2D eigenvalue weighted by molar-refractivity contribution is 6.04. The van der Waals surface area contributed by atoms with Crippen LogP contribution in [0.1, 0.15) is 15.9 Å². The number of rotatable bonds is 7. The summed E-state index contributed by atoms with van der Waals surface area (Å²) in [4.78, 5) is 12.6. The van der Waals surface area contributed by atoms with Gasteiger partial charge < -0.3 is 28.4 Å². The molecule has 0 aliphatic rings. The van der Waals surface area contributed by atoms with Crippen molar-refractivity contribution in [2.24, 2.45) is 0 Å². The standard InChI is InChI=1S/C20H24O7/c1-11-8-12(22-2)16(13(9-11)23-3)18-17(20(21)27-7)14(24-4)10-15(25-5)19(18)26-6/h8-10H,1-7H3. The third-order valence-corrected chi connectivity index (χ3v) is 4.14. The molecule has 2 rings (SSSR count). The van der Waals surface area contributed by atoms with E-state index in [9.17, 15) is 4.79 Å². The van der Waals surface area contributed by atoms with Gasteiger partial charge in [0.15, 0.2) is 11.5 Å². The van der Waals surface area contributed by atoms with Crippen molar-refractivity contribution >= 4 is 5.97 Å². The third-order valence-electron chi connectivity index (χ3n) is 4.14. The van der Waals surface area contributed by atoms with E-state index in [-0.39, 0.29) is 11.3 Å².